The number of anilines is 2. The van der Waals surface area contributed by atoms with Gasteiger partial charge in [0.1, 0.15) is 5.76 Å². The summed E-state index contributed by atoms with van der Waals surface area (Å²) in [5, 5.41) is 0. The van der Waals surface area contributed by atoms with Gasteiger partial charge in [-0.05, 0) is 36.8 Å². The van der Waals surface area contributed by atoms with Gasteiger partial charge in [0.05, 0.1) is 23.0 Å². The van der Waals surface area contributed by atoms with Gasteiger partial charge in [-0.25, -0.2) is 0 Å². The highest BCUT2D eigenvalue weighted by atomic mass is 16.5. The molecule has 0 aliphatic carbocycles. The zero-order valence-corrected chi connectivity index (χ0v) is 23.8. The number of nitrogens with zero attached hydrogens (tertiary/aromatic N) is 2. The predicted octanol–water partition coefficient (Wildman–Crippen LogP) is 8.13. The fourth-order valence-corrected chi connectivity index (χ4v) is 6.32. The van der Waals surface area contributed by atoms with Crippen molar-refractivity contribution < 1.29 is 14.3 Å². The van der Waals surface area contributed by atoms with Gasteiger partial charge in [0, 0.05) is 23.1 Å². The van der Waals surface area contributed by atoms with Crippen LogP contribution in [0.1, 0.15) is 46.4 Å². The molecule has 7 rings (SSSR count). The lowest BCUT2D eigenvalue weighted by Gasteiger charge is -2.47. The lowest BCUT2D eigenvalue weighted by Crippen LogP contribution is -2.55. The zero-order valence-electron chi connectivity index (χ0n) is 23.8. The minimum atomic E-state index is -1.26. The molecule has 0 N–H and O–H groups in total. The van der Waals surface area contributed by atoms with E-state index in [4.69, 9.17) is 4.74 Å². The van der Waals surface area contributed by atoms with Crippen molar-refractivity contribution in [3.05, 3.63) is 173 Å². The average Bonchev–Trinajstić information content (AvgIpc) is 3.21. The largest absolute Gasteiger partial charge is 0.462 e. The SMILES string of the molecule is CC1=C(c2ccccc2)OC2(c3ccccc3)CC(c3ccccc3)N(C(=O)c3ccccc3)c3ccccc3N2C1=O. The van der Waals surface area contributed by atoms with Crippen LogP contribution in [0.2, 0.25) is 0 Å². The highest BCUT2D eigenvalue weighted by Crippen LogP contribution is 2.55. The number of carbonyl (C=O) groups excluding carboxylic acids is 2. The van der Waals surface area contributed by atoms with E-state index in [-0.39, 0.29) is 11.8 Å². The van der Waals surface area contributed by atoms with Crippen LogP contribution in [0.3, 0.4) is 0 Å². The van der Waals surface area contributed by atoms with Crippen molar-refractivity contribution in [2.24, 2.45) is 0 Å². The summed E-state index contributed by atoms with van der Waals surface area (Å²) < 4.78 is 7.20. The van der Waals surface area contributed by atoms with Crippen LogP contribution < -0.4 is 9.80 Å². The maximum Gasteiger partial charge on any atom is 0.261 e. The monoisotopic (exact) mass is 562 g/mol. The number of hydrogen-bond acceptors (Lipinski definition) is 3. The van der Waals surface area contributed by atoms with Crippen LogP contribution >= 0.6 is 0 Å². The second-order valence-electron chi connectivity index (χ2n) is 10.9. The molecule has 0 saturated heterocycles. The third-order valence-corrected chi connectivity index (χ3v) is 8.35. The molecular formula is C38H30N2O3. The summed E-state index contributed by atoms with van der Waals surface area (Å²) in [5.41, 5.74) is 3.68. The minimum absolute atomic E-state index is 0.148. The lowest BCUT2D eigenvalue weighted by molar-refractivity contribution is -0.122. The van der Waals surface area contributed by atoms with Crippen molar-refractivity contribution >= 4 is 28.9 Å². The molecule has 0 spiro atoms. The van der Waals surface area contributed by atoms with Crippen LogP contribution in [-0.2, 0) is 15.3 Å². The molecule has 5 heteroatoms. The van der Waals surface area contributed by atoms with Gasteiger partial charge in [0.15, 0.2) is 0 Å². The van der Waals surface area contributed by atoms with E-state index in [0.29, 0.717) is 34.7 Å². The van der Waals surface area contributed by atoms with Gasteiger partial charge in [-0.3, -0.25) is 19.4 Å². The second kappa shape index (κ2) is 10.8. The number of rotatable bonds is 4. The molecule has 43 heavy (non-hydrogen) atoms. The normalized spacial score (nSPS) is 19.7. The van der Waals surface area contributed by atoms with E-state index in [0.717, 1.165) is 16.7 Å². The number of hydrogen-bond donors (Lipinski definition) is 0. The fourth-order valence-electron chi connectivity index (χ4n) is 6.32. The van der Waals surface area contributed by atoms with E-state index in [1.807, 2.05) is 157 Å². The maximum atomic E-state index is 14.7. The Kier molecular flexibility index (Phi) is 6.63. The molecule has 2 aliphatic rings. The molecule has 210 valence electrons. The van der Waals surface area contributed by atoms with Crippen molar-refractivity contribution in [3.8, 4) is 0 Å². The fraction of sp³-hybridized carbons (Fsp3) is 0.105. The molecule has 0 saturated carbocycles. The molecule has 5 aromatic carbocycles. The number of benzene rings is 5. The van der Waals surface area contributed by atoms with Gasteiger partial charge >= 0.3 is 0 Å². The summed E-state index contributed by atoms with van der Waals surface area (Å²) in [6, 6.07) is 46.2. The van der Waals surface area contributed by atoms with Gasteiger partial charge in [-0.1, -0.05) is 121 Å². The van der Waals surface area contributed by atoms with Gasteiger partial charge in [0.2, 0.25) is 5.72 Å². The lowest BCUT2D eigenvalue weighted by atomic mass is 9.87. The molecular weight excluding hydrogens is 532 g/mol. The first-order valence-electron chi connectivity index (χ1n) is 14.5. The first-order chi connectivity index (χ1) is 21.1. The Labute approximate surface area is 251 Å². The highest BCUT2D eigenvalue weighted by Gasteiger charge is 2.55. The van der Waals surface area contributed by atoms with Crippen molar-refractivity contribution in [1.29, 1.82) is 0 Å². The summed E-state index contributed by atoms with van der Waals surface area (Å²) in [5.74, 6) is 0.227. The smallest absolute Gasteiger partial charge is 0.261 e. The topological polar surface area (TPSA) is 49.9 Å². The Hall–Kier alpha value is -5.42. The molecule has 2 atom stereocenters. The van der Waals surface area contributed by atoms with E-state index in [1.165, 1.54) is 0 Å². The minimum Gasteiger partial charge on any atom is -0.462 e. The Bertz CT molecular complexity index is 1820. The first kappa shape index (κ1) is 26.5. The number of amides is 2. The molecule has 2 amide bonds. The zero-order chi connectivity index (χ0) is 29.4. The number of para-hydroxylation sites is 2. The molecule has 5 nitrogen and oxygen atoms in total. The number of ether oxygens (including phenoxy) is 1. The van der Waals surface area contributed by atoms with Gasteiger partial charge < -0.3 is 4.74 Å². The summed E-state index contributed by atoms with van der Waals surface area (Å²) in [4.78, 5) is 32.9. The van der Waals surface area contributed by atoms with Crippen molar-refractivity contribution in [1.82, 2.24) is 0 Å². The molecule has 5 aromatic rings. The maximum absolute atomic E-state index is 14.7. The van der Waals surface area contributed by atoms with Crippen LogP contribution in [0.4, 0.5) is 11.4 Å². The average molecular weight is 563 g/mol. The van der Waals surface area contributed by atoms with E-state index in [9.17, 15) is 9.59 Å². The Morgan fingerprint density at radius 2 is 1.23 bits per heavy atom. The van der Waals surface area contributed by atoms with Crippen molar-refractivity contribution in [2.75, 3.05) is 9.80 Å². The molecule has 0 radical (unpaired) electrons. The molecule has 2 aliphatic heterocycles. The van der Waals surface area contributed by atoms with Crippen molar-refractivity contribution in [3.63, 3.8) is 0 Å². The summed E-state index contributed by atoms with van der Waals surface area (Å²) >= 11 is 0. The van der Waals surface area contributed by atoms with E-state index < -0.39 is 11.8 Å². The molecule has 0 bridgehead atoms. The van der Waals surface area contributed by atoms with Gasteiger partial charge in [-0.2, -0.15) is 0 Å². The third kappa shape index (κ3) is 4.41. The highest BCUT2D eigenvalue weighted by molar-refractivity contribution is 6.15. The van der Waals surface area contributed by atoms with Gasteiger partial charge in [0.25, 0.3) is 11.8 Å². The quantitative estimate of drug-likeness (QED) is 0.222. The predicted molar refractivity (Wildman–Crippen MR) is 169 cm³/mol. The Balaban J connectivity index is 1.54. The summed E-state index contributed by atoms with van der Waals surface area (Å²) in [6.07, 6.45) is 0.295. The van der Waals surface area contributed by atoms with Gasteiger partial charge in [-0.15, -0.1) is 0 Å². The number of carbonyl (C=O) groups is 2. The molecule has 2 unspecified atom stereocenters. The van der Waals surface area contributed by atoms with Crippen LogP contribution in [0.5, 0.6) is 0 Å². The standard InChI is InChI=1S/C38H30N2O3/c1-27-35(29-18-8-3-9-19-29)43-38(31-22-12-5-13-23-31)26-34(28-16-6-2-7-17-28)39(37(42)30-20-10-4-11-21-30)32-24-14-15-25-33(32)40(38)36(27)41/h2-25,34H,26H2,1H3. The Morgan fingerprint density at radius 1 is 0.698 bits per heavy atom. The van der Waals surface area contributed by atoms with Crippen LogP contribution in [-0.4, -0.2) is 11.8 Å². The van der Waals surface area contributed by atoms with E-state index in [2.05, 4.69) is 0 Å². The van der Waals surface area contributed by atoms with Crippen molar-refractivity contribution in [2.45, 2.75) is 25.1 Å². The summed E-state index contributed by atoms with van der Waals surface area (Å²) in [7, 11) is 0. The number of fused-ring (bicyclic) bond motifs is 3. The third-order valence-electron chi connectivity index (χ3n) is 8.35. The van der Waals surface area contributed by atoms with Crippen LogP contribution in [0.15, 0.2) is 151 Å². The molecule has 2 heterocycles. The molecule has 0 fully saturated rings. The first-order valence-corrected chi connectivity index (χ1v) is 14.5. The van der Waals surface area contributed by atoms with E-state index >= 15 is 0 Å². The van der Waals surface area contributed by atoms with Crippen LogP contribution in [0, 0.1) is 0 Å². The Morgan fingerprint density at radius 3 is 1.88 bits per heavy atom. The molecule has 0 aromatic heterocycles. The summed E-state index contributed by atoms with van der Waals surface area (Å²) in [6.45, 7) is 1.81. The second-order valence-corrected chi connectivity index (χ2v) is 10.9. The van der Waals surface area contributed by atoms with Crippen LogP contribution in [0.25, 0.3) is 5.76 Å². The van der Waals surface area contributed by atoms with E-state index in [1.54, 1.807) is 4.90 Å².